The highest BCUT2D eigenvalue weighted by atomic mass is 32.3. The van der Waals surface area contributed by atoms with E-state index in [1.165, 1.54) is 6.07 Å². The second-order valence-electron chi connectivity index (χ2n) is 13.4. The largest absolute Gasteiger partial charge is 0.348 e. The minimum absolute atomic E-state index is 0.0342. The Kier molecular flexibility index (Phi) is 7.68. The number of Topliss-reactive ketones (excluding diaryl/α,β-unsaturated/α-hetero) is 2. The fourth-order valence-electron chi connectivity index (χ4n) is 9.42. The zero-order chi connectivity index (χ0) is 28.3. The third kappa shape index (κ3) is 5.05. The Morgan fingerprint density at radius 1 is 1.10 bits per heavy atom. The second kappa shape index (κ2) is 10.4. The number of ketones is 2. The summed E-state index contributed by atoms with van der Waals surface area (Å²) in [7, 11) is -4.26. The van der Waals surface area contributed by atoms with Crippen LogP contribution < -0.4 is 5.32 Å². The van der Waals surface area contributed by atoms with E-state index in [-0.39, 0.29) is 44.7 Å². The van der Waals surface area contributed by atoms with Gasteiger partial charge in [-0.1, -0.05) is 27.7 Å². The molecule has 9 heteroatoms. The molecule has 0 aromatic carbocycles. The van der Waals surface area contributed by atoms with E-state index in [0.29, 0.717) is 66.3 Å². The van der Waals surface area contributed by atoms with Gasteiger partial charge in [0, 0.05) is 36.5 Å². The summed E-state index contributed by atoms with van der Waals surface area (Å²) >= 11 is 0.988. The third-order valence-electron chi connectivity index (χ3n) is 11.5. The van der Waals surface area contributed by atoms with Crippen molar-refractivity contribution in [2.45, 2.75) is 102 Å². The molecular weight excluding hydrogens is 534 g/mol. The van der Waals surface area contributed by atoms with Crippen LogP contribution in [0.3, 0.4) is 0 Å². The van der Waals surface area contributed by atoms with Crippen LogP contribution in [0.5, 0.6) is 0 Å². The fraction of sp³-hybridized carbons (Fsp3) is 0.767. The molecule has 4 aliphatic rings. The number of thiophene rings is 1. The topological polar surface area (TPSA) is 118 Å². The Balaban J connectivity index is 1.26. The number of carbonyl (C=O) groups excluding carboxylic acids is 3. The molecule has 4 saturated carbocycles. The third-order valence-corrected chi connectivity index (χ3v) is 14.0. The zero-order valence-corrected chi connectivity index (χ0v) is 25.2. The minimum Gasteiger partial charge on any atom is -0.348 e. The van der Waals surface area contributed by atoms with Crippen molar-refractivity contribution in [2.75, 3.05) is 0 Å². The number of carbonyl (C=O) groups is 3. The molecule has 0 saturated heterocycles. The first-order chi connectivity index (χ1) is 18.3. The minimum atomic E-state index is -4.26. The van der Waals surface area contributed by atoms with Gasteiger partial charge in [0.25, 0.3) is 0 Å². The van der Waals surface area contributed by atoms with Crippen molar-refractivity contribution >= 4 is 38.9 Å². The van der Waals surface area contributed by atoms with Crippen LogP contribution in [-0.2, 0) is 24.5 Å². The summed E-state index contributed by atoms with van der Waals surface area (Å²) in [6, 6.07) is 2.73. The number of fused-ring (bicyclic) bond motifs is 5. The van der Waals surface area contributed by atoms with Crippen LogP contribution in [0.15, 0.2) is 16.3 Å². The molecule has 9 atom stereocenters. The van der Waals surface area contributed by atoms with E-state index in [1.54, 1.807) is 6.07 Å². The summed E-state index contributed by atoms with van der Waals surface area (Å²) in [4.78, 5) is 39.7. The molecule has 1 amide bonds. The van der Waals surface area contributed by atoms with Crippen LogP contribution in [0, 0.1) is 46.3 Å². The summed E-state index contributed by atoms with van der Waals surface area (Å²) in [6.45, 7) is 8.83. The number of hydrogen-bond donors (Lipinski definition) is 2. The molecule has 5 unspecified atom stereocenters. The van der Waals surface area contributed by atoms with Gasteiger partial charge in [-0.25, -0.2) is 0 Å². The molecule has 2 N–H and O–H groups in total. The van der Waals surface area contributed by atoms with E-state index in [9.17, 15) is 27.4 Å². The first kappa shape index (κ1) is 28.9. The van der Waals surface area contributed by atoms with Crippen LogP contribution in [-0.4, -0.2) is 30.4 Å². The van der Waals surface area contributed by atoms with Gasteiger partial charge < -0.3 is 5.32 Å². The first-order valence-corrected chi connectivity index (χ1v) is 16.9. The highest BCUT2D eigenvalue weighted by Gasteiger charge is 2.63. The van der Waals surface area contributed by atoms with E-state index in [1.807, 2.05) is 6.92 Å². The van der Waals surface area contributed by atoms with E-state index in [4.69, 9.17) is 0 Å². The highest BCUT2D eigenvalue weighted by Crippen LogP contribution is 2.67. The maximum absolute atomic E-state index is 13.6. The van der Waals surface area contributed by atoms with Crippen LogP contribution in [0.4, 0.5) is 0 Å². The van der Waals surface area contributed by atoms with Gasteiger partial charge in [0.15, 0.2) is 0 Å². The summed E-state index contributed by atoms with van der Waals surface area (Å²) < 4.78 is 32.2. The van der Waals surface area contributed by atoms with Crippen molar-refractivity contribution in [3.63, 3.8) is 0 Å². The molecule has 4 fully saturated rings. The molecule has 1 heterocycles. The maximum atomic E-state index is 13.6. The van der Waals surface area contributed by atoms with Gasteiger partial charge in [0.05, 0.1) is 6.04 Å². The van der Waals surface area contributed by atoms with Gasteiger partial charge in [-0.05, 0) is 91.1 Å². The Hall–Kier alpha value is -1.58. The predicted molar refractivity (Wildman–Crippen MR) is 150 cm³/mol. The van der Waals surface area contributed by atoms with Crippen LogP contribution >= 0.6 is 11.3 Å². The maximum Gasteiger partial charge on any atom is 0.304 e. The molecule has 1 aromatic rings. The number of nitrogens with one attached hydrogen (secondary N) is 1. The number of hydrogen-bond acceptors (Lipinski definition) is 6. The average Bonchev–Trinajstić information content (AvgIpc) is 3.48. The van der Waals surface area contributed by atoms with Gasteiger partial charge in [0.1, 0.15) is 15.8 Å². The molecule has 0 aliphatic heterocycles. The van der Waals surface area contributed by atoms with Gasteiger partial charge in [-0.15, -0.1) is 11.3 Å². The van der Waals surface area contributed by atoms with E-state index < -0.39 is 10.1 Å². The lowest BCUT2D eigenvalue weighted by Gasteiger charge is -2.59. The van der Waals surface area contributed by atoms with Crippen LogP contribution in [0.25, 0.3) is 0 Å². The average molecular weight is 578 g/mol. The lowest BCUT2D eigenvalue weighted by Crippen LogP contribution is -2.57. The van der Waals surface area contributed by atoms with Gasteiger partial charge in [0.2, 0.25) is 5.91 Å². The van der Waals surface area contributed by atoms with Crippen LogP contribution in [0.2, 0.25) is 0 Å². The zero-order valence-electron chi connectivity index (χ0n) is 23.6. The first-order valence-electron chi connectivity index (χ1n) is 14.7. The second-order valence-corrected chi connectivity index (χ2v) is 16.2. The molecule has 5 rings (SSSR count). The Bertz CT molecular complexity index is 1260. The predicted octanol–water partition coefficient (Wildman–Crippen LogP) is 6.00. The molecule has 0 radical (unpaired) electrons. The Morgan fingerprint density at radius 3 is 2.49 bits per heavy atom. The molecule has 1 aromatic heterocycles. The van der Waals surface area contributed by atoms with Crippen LogP contribution in [0.1, 0.15) is 103 Å². The lowest BCUT2D eigenvalue weighted by molar-refractivity contribution is -0.159. The molecule has 216 valence electrons. The van der Waals surface area contributed by atoms with E-state index in [2.05, 4.69) is 26.1 Å². The molecule has 0 spiro atoms. The number of amides is 1. The monoisotopic (exact) mass is 577 g/mol. The highest BCUT2D eigenvalue weighted by molar-refractivity contribution is 7.88. The quantitative estimate of drug-likeness (QED) is 0.384. The summed E-state index contributed by atoms with van der Waals surface area (Å²) in [5, 5.41) is 3.09. The van der Waals surface area contributed by atoms with Crippen molar-refractivity contribution in [3.8, 4) is 0 Å². The molecular formula is C30H43NO6S2. The summed E-state index contributed by atoms with van der Waals surface area (Å²) in [5.74, 6) is 2.20. The number of rotatable bonds is 7. The van der Waals surface area contributed by atoms with Crippen molar-refractivity contribution in [1.29, 1.82) is 0 Å². The van der Waals surface area contributed by atoms with Crippen molar-refractivity contribution < 1.29 is 27.4 Å². The Morgan fingerprint density at radius 2 is 1.82 bits per heavy atom. The summed E-state index contributed by atoms with van der Waals surface area (Å²) in [5.41, 5.74) is 0.121. The normalized spacial score (nSPS) is 37.9. The standard InChI is InChI=1S/C30H43NO6S2/c1-5-23(25-8-9-27(38-25)39(35,36)37)31-26(34)14-17(2)20-6-7-21-28-22(11-13-30(20,21)4)29(3)12-10-19(32)15-18(29)16-24(28)33/h8-9,17-18,20-23,28H,5-7,10-16H2,1-4H3,(H,31,34)(H,35,36,37)/t17-,18?,20?,21+,22+,23+,28?,29?,30?/m1/s1. The smallest absolute Gasteiger partial charge is 0.304 e. The molecule has 4 aliphatic carbocycles. The summed E-state index contributed by atoms with van der Waals surface area (Å²) in [6.07, 6.45) is 7.88. The Labute approximate surface area is 236 Å². The lowest BCUT2D eigenvalue weighted by atomic mass is 9.44. The van der Waals surface area contributed by atoms with Crippen molar-refractivity contribution in [1.82, 2.24) is 5.32 Å². The van der Waals surface area contributed by atoms with Gasteiger partial charge >= 0.3 is 10.1 Å². The molecule has 39 heavy (non-hydrogen) atoms. The molecule has 0 bridgehead atoms. The van der Waals surface area contributed by atoms with Gasteiger partial charge in [-0.2, -0.15) is 8.42 Å². The SMILES string of the molecule is CC[C@H](NC(=O)C[C@@H](C)C1CC[C@H]2C3C(=O)CC4CC(=O)CCC4(C)[C@H]3CCC12C)c1ccc(S(=O)(=O)O)s1. The van der Waals surface area contributed by atoms with E-state index >= 15 is 0 Å². The van der Waals surface area contributed by atoms with Crippen molar-refractivity contribution in [2.24, 2.45) is 46.3 Å². The van der Waals surface area contributed by atoms with Gasteiger partial charge in [-0.3, -0.25) is 18.9 Å². The fourth-order valence-corrected chi connectivity index (χ4v) is 11.2. The van der Waals surface area contributed by atoms with E-state index in [0.717, 1.165) is 43.4 Å². The molecule has 7 nitrogen and oxygen atoms in total. The van der Waals surface area contributed by atoms with Crippen molar-refractivity contribution in [3.05, 3.63) is 17.0 Å².